The van der Waals surface area contributed by atoms with Gasteiger partial charge in [-0.2, -0.15) is 9.61 Å². The SMILES string of the molecule is CCC[NH2+]c1cc(-c2ccccc2Cl)nc2c(Br)cnn12. The maximum Gasteiger partial charge on any atom is 0.229 e. The van der Waals surface area contributed by atoms with E-state index in [2.05, 4.69) is 38.3 Å². The second-order valence-electron chi connectivity index (χ2n) is 4.77. The van der Waals surface area contributed by atoms with Crippen molar-refractivity contribution in [2.75, 3.05) is 6.54 Å². The summed E-state index contributed by atoms with van der Waals surface area (Å²) in [6, 6.07) is 9.78. The third-order valence-corrected chi connectivity index (χ3v) is 4.14. The third-order valence-electron chi connectivity index (χ3n) is 3.25. The molecule has 0 saturated heterocycles. The molecule has 3 rings (SSSR count). The van der Waals surface area contributed by atoms with E-state index in [1.165, 1.54) is 0 Å². The summed E-state index contributed by atoms with van der Waals surface area (Å²) >= 11 is 9.80. The fraction of sp³-hybridized carbons (Fsp3) is 0.200. The molecule has 0 saturated carbocycles. The predicted molar refractivity (Wildman–Crippen MR) is 87.9 cm³/mol. The summed E-state index contributed by atoms with van der Waals surface area (Å²) in [4.78, 5) is 4.68. The number of nitrogens with zero attached hydrogens (tertiary/aromatic N) is 3. The van der Waals surface area contributed by atoms with Gasteiger partial charge < -0.3 is 0 Å². The third kappa shape index (κ3) is 2.81. The number of aromatic nitrogens is 3. The Balaban J connectivity index is 2.19. The van der Waals surface area contributed by atoms with Crippen LogP contribution in [-0.2, 0) is 0 Å². The van der Waals surface area contributed by atoms with E-state index in [0.717, 1.165) is 40.2 Å². The van der Waals surface area contributed by atoms with Crippen LogP contribution in [0, 0.1) is 0 Å². The summed E-state index contributed by atoms with van der Waals surface area (Å²) in [5.41, 5.74) is 2.59. The van der Waals surface area contributed by atoms with Gasteiger partial charge >= 0.3 is 0 Å². The fourth-order valence-corrected chi connectivity index (χ4v) is 2.78. The van der Waals surface area contributed by atoms with Crippen LogP contribution >= 0.6 is 27.5 Å². The largest absolute Gasteiger partial charge is 0.297 e. The molecule has 21 heavy (non-hydrogen) atoms. The van der Waals surface area contributed by atoms with Gasteiger partial charge in [0.05, 0.1) is 22.9 Å². The van der Waals surface area contributed by atoms with E-state index < -0.39 is 0 Å². The lowest BCUT2D eigenvalue weighted by molar-refractivity contribution is -0.576. The molecule has 0 fully saturated rings. The standard InChI is InChI=1S/C15H14BrClN4/c1-2-7-18-14-8-13(10-5-3-4-6-12(10)17)20-15-11(16)9-19-21(14)15/h3-6,8-9,18H,2,7H2,1H3/p+1. The van der Waals surface area contributed by atoms with Crippen molar-refractivity contribution in [1.82, 2.24) is 14.6 Å². The zero-order valence-corrected chi connectivity index (χ0v) is 13.9. The Morgan fingerprint density at radius 2 is 2.14 bits per heavy atom. The Hall–Kier alpha value is -1.43. The van der Waals surface area contributed by atoms with Gasteiger partial charge in [-0.05, 0) is 28.4 Å². The van der Waals surface area contributed by atoms with E-state index in [1.807, 2.05) is 34.8 Å². The molecule has 0 amide bonds. The van der Waals surface area contributed by atoms with E-state index in [4.69, 9.17) is 11.6 Å². The van der Waals surface area contributed by atoms with E-state index in [9.17, 15) is 0 Å². The average molecular weight is 367 g/mol. The van der Waals surface area contributed by atoms with Gasteiger partial charge in [0.25, 0.3) is 0 Å². The summed E-state index contributed by atoms with van der Waals surface area (Å²) < 4.78 is 2.72. The summed E-state index contributed by atoms with van der Waals surface area (Å²) in [5.74, 6) is 1.03. The smallest absolute Gasteiger partial charge is 0.229 e. The highest BCUT2D eigenvalue weighted by Gasteiger charge is 2.14. The first-order chi connectivity index (χ1) is 10.2. The maximum absolute atomic E-state index is 6.30. The number of quaternary nitrogens is 1. The van der Waals surface area contributed by atoms with Crippen molar-refractivity contribution in [3.63, 3.8) is 0 Å². The average Bonchev–Trinajstić information content (AvgIpc) is 2.87. The van der Waals surface area contributed by atoms with Crippen LogP contribution in [0.15, 0.2) is 41.0 Å². The van der Waals surface area contributed by atoms with Crippen LogP contribution in [0.1, 0.15) is 13.3 Å². The van der Waals surface area contributed by atoms with E-state index >= 15 is 0 Å². The highest BCUT2D eigenvalue weighted by molar-refractivity contribution is 9.10. The number of rotatable bonds is 4. The van der Waals surface area contributed by atoms with Crippen molar-refractivity contribution >= 4 is 39.0 Å². The van der Waals surface area contributed by atoms with Crippen molar-refractivity contribution < 1.29 is 5.32 Å². The molecule has 2 heterocycles. The highest BCUT2D eigenvalue weighted by atomic mass is 79.9. The Labute approximate surface area is 136 Å². The molecule has 0 bridgehead atoms. The van der Waals surface area contributed by atoms with Crippen molar-refractivity contribution in [1.29, 1.82) is 0 Å². The lowest BCUT2D eigenvalue weighted by Gasteiger charge is -2.07. The number of halogens is 2. The summed E-state index contributed by atoms with van der Waals surface area (Å²) in [5, 5.41) is 7.25. The Kier molecular flexibility index (Phi) is 4.24. The van der Waals surface area contributed by atoms with E-state index in [0.29, 0.717) is 5.02 Å². The van der Waals surface area contributed by atoms with Crippen molar-refractivity contribution in [2.24, 2.45) is 0 Å². The molecule has 108 valence electrons. The molecule has 0 unspecified atom stereocenters. The molecule has 0 aliphatic rings. The molecule has 3 aromatic rings. The molecule has 6 heteroatoms. The van der Waals surface area contributed by atoms with Crippen molar-refractivity contribution in [3.8, 4) is 11.3 Å². The number of benzene rings is 1. The molecular formula is C15H15BrClN4+. The van der Waals surface area contributed by atoms with Crippen LogP contribution in [0.5, 0.6) is 0 Å². The number of hydrogen-bond acceptors (Lipinski definition) is 2. The minimum atomic E-state index is 0.700. The molecule has 0 atom stereocenters. The van der Waals surface area contributed by atoms with Gasteiger partial charge in [-0.15, -0.1) is 0 Å². The van der Waals surface area contributed by atoms with Crippen LogP contribution in [0.25, 0.3) is 16.9 Å². The van der Waals surface area contributed by atoms with Crippen LogP contribution < -0.4 is 5.32 Å². The molecule has 2 aromatic heterocycles. The molecule has 1 aromatic carbocycles. The maximum atomic E-state index is 6.30. The zero-order chi connectivity index (χ0) is 14.8. The molecule has 2 N–H and O–H groups in total. The molecule has 0 radical (unpaired) electrons. The van der Waals surface area contributed by atoms with Gasteiger partial charge in [0.15, 0.2) is 5.65 Å². The number of nitrogens with two attached hydrogens (primary N) is 1. The van der Waals surface area contributed by atoms with Crippen LogP contribution in [-0.4, -0.2) is 21.1 Å². The molecule has 0 spiro atoms. The van der Waals surface area contributed by atoms with Crippen LogP contribution in [0.2, 0.25) is 5.02 Å². The minimum absolute atomic E-state index is 0.700. The lowest BCUT2D eigenvalue weighted by atomic mass is 10.1. The van der Waals surface area contributed by atoms with Gasteiger partial charge in [-0.3, -0.25) is 5.32 Å². The van der Waals surface area contributed by atoms with Gasteiger partial charge in [-0.1, -0.05) is 36.7 Å². The van der Waals surface area contributed by atoms with Gasteiger partial charge in [-0.25, -0.2) is 4.98 Å². The Bertz CT molecular complexity index is 784. The van der Waals surface area contributed by atoms with Crippen LogP contribution in [0.3, 0.4) is 0 Å². The Morgan fingerprint density at radius 1 is 1.33 bits per heavy atom. The van der Waals surface area contributed by atoms with Gasteiger partial charge in [0.1, 0.15) is 0 Å². The zero-order valence-electron chi connectivity index (χ0n) is 11.6. The molecule has 4 nitrogen and oxygen atoms in total. The van der Waals surface area contributed by atoms with Crippen molar-refractivity contribution in [2.45, 2.75) is 13.3 Å². The van der Waals surface area contributed by atoms with Crippen LogP contribution in [0.4, 0.5) is 5.82 Å². The van der Waals surface area contributed by atoms with E-state index in [-0.39, 0.29) is 0 Å². The first kappa shape index (κ1) is 14.5. The fourth-order valence-electron chi connectivity index (χ4n) is 2.20. The number of hydrogen-bond donors (Lipinski definition) is 1. The lowest BCUT2D eigenvalue weighted by Crippen LogP contribution is -2.78. The molecule has 0 aliphatic heterocycles. The number of fused-ring (bicyclic) bond motifs is 1. The van der Waals surface area contributed by atoms with Gasteiger partial charge in [0, 0.05) is 16.7 Å². The quantitative estimate of drug-likeness (QED) is 0.769. The highest BCUT2D eigenvalue weighted by Crippen LogP contribution is 2.29. The van der Waals surface area contributed by atoms with E-state index in [1.54, 1.807) is 6.20 Å². The second kappa shape index (κ2) is 6.13. The summed E-state index contributed by atoms with van der Waals surface area (Å²) in [6.45, 7) is 3.15. The normalized spacial score (nSPS) is 11.2. The monoisotopic (exact) mass is 365 g/mol. The molecule has 0 aliphatic carbocycles. The summed E-state index contributed by atoms with van der Waals surface area (Å²) in [7, 11) is 0. The predicted octanol–water partition coefficient (Wildman–Crippen LogP) is 3.42. The molecular weight excluding hydrogens is 352 g/mol. The first-order valence-corrected chi connectivity index (χ1v) is 8.00. The Morgan fingerprint density at radius 3 is 2.90 bits per heavy atom. The van der Waals surface area contributed by atoms with Crippen molar-refractivity contribution in [3.05, 3.63) is 46.0 Å². The first-order valence-electron chi connectivity index (χ1n) is 6.83. The second-order valence-corrected chi connectivity index (χ2v) is 6.03. The topological polar surface area (TPSA) is 46.8 Å². The van der Waals surface area contributed by atoms with Gasteiger partial charge in [0.2, 0.25) is 5.82 Å². The minimum Gasteiger partial charge on any atom is -0.297 e. The summed E-state index contributed by atoms with van der Waals surface area (Å²) in [6.07, 6.45) is 2.86.